The van der Waals surface area contributed by atoms with E-state index < -0.39 is 0 Å². The van der Waals surface area contributed by atoms with Gasteiger partial charge < -0.3 is 10.8 Å². The van der Waals surface area contributed by atoms with Crippen molar-refractivity contribution in [3.05, 3.63) is 34.9 Å². The molecule has 3 nitrogen and oxygen atoms in total. The number of halogens is 1. The maximum Gasteiger partial charge on any atom is 0.0558 e. The predicted octanol–water partition coefficient (Wildman–Crippen LogP) is 2.19. The average Bonchev–Trinajstić information content (AvgIpc) is 3.14. The molecular weight excluding hydrogens is 248 g/mol. The average molecular weight is 269 g/mol. The van der Waals surface area contributed by atoms with Crippen LogP contribution in [0.4, 0.5) is 0 Å². The van der Waals surface area contributed by atoms with Crippen LogP contribution in [0.5, 0.6) is 0 Å². The van der Waals surface area contributed by atoms with Gasteiger partial charge in [-0.25, -0.2) is 0 Å². The Morgan fingerprint density at radius 3 is 2.61 bits per heavy atom. The molecule has 2 unspecified atom stereocenters. The molecule has 1 fully saturated rings. The monoisotopic (exact) mass is 268 g/mol. The number of aliphatic hydroxyl groups excluding tert-OH is 1. The lowest BCUT2D eigenvalue weighted by Gasteiger charge is -2.35. The van der Waals surface area contributed by atoms with Gasteiger partial charge in [0, 0.05) is 23.7 Å². The van der Waals surface area contributed by atoms with Crippen molar-refractivity contribution >= 4 is 11.6 Å². The molecule has 0 aromatic heterocycles. The minimum absolute atomic E-state index is 0.0166. The molecule has 0 saturated heterocycles. The predicted molar refractivity (Wildman–Crippen MR) is 74.7 cm³/mol. The zero-order valence-electron chi connectivity index (χ0n) is 10.7. The lowest BCUT2D eigenvalue weighted by atomic mass is 9.98. The standard InChI is InChI=1S/C14H21ClN2O/c1-10(16)14(12-4-2-3-5-13(12)15)17(8-9-18)11-6-7-11/h2-5,10-11,14,18H,6-9,16H2,1H3. The largest absolute Gasteiger partial charge is 0.395 e. The molecule has 4 heteroatoms. The third-order valence-corrected chi connectivity index (χ3v) is 3.80. The fourth-order valence-electron chi connectivity index (χ4n) is 2.55. The molecule has 0 spiro atoms. The summed E-state index contributed by atoms with van der Waals surface area (Å²) in [6, 6.07) is 8.46. The zero-order chi connectivity index (χ0) is 13.1. The molecule has 100 valence electrons. The Kier molecular flexibility index (Phi) is 4.62. The summed E-state index contributed by atoms with van der Waals surface area (Å²) in [6.45, 7) is 2.81. The maximum atomic E-state index is 9.24. The smallest absolute Gasteiger partial charge is 0.0558 e. The van der Waals surface area contributed by atoms with Crippen LogP contribution in [0.3, 0.4) is 0 Å². The topological polar surface area (TPSA) is 49.5 Å². The Hall–Kier alpha value is -0.610. The Morgan fingerprint density at radius 2 is 2.11 bits per heavy atom. The zero-order valence-corrected chi connectivity index (χ0v) is 11.5. The van der Waals surface area contributed by atoms with Crippen molar-refractivity contribution in [3.63, 3.8) is 0 Å². The number of benzene rings is 1. The Bertz CT molecular complexity index is 393. The summed E-state index contributed by atoms with van der Waals surface area (Å²) < 4.78 is 0. The van der Waals surface area contributed by atoms with Crippen LogP contribution in [0.15, 0.2) is 24.3 Å². The molecule has 1 saturated carbocycles. The number of rotatable bonds is 6. The molecule has 0 radical (unpaired) electrons. The van der Waals surface area contributed by atoms with E-state index >= 15 is 0 Å². The minimum atomic E-state index is -0.0166. The summed E-state index contributed by atoms with van der Waals surface area (Å²) in [7, 11) is 0. The Balaban J connectivity index is 2.29. The van der Waals surface area contributed by atoms with Gasteiger partial charge >= 0.3 is 0 Å². The van der Waals surface area contributed by atoms with Gasteiger partial charge in [0.15, 0.2) is 0 Å². The van der Waals surface area contributed by atoms with Gasteiger partial charge in [0.1, 0.15) is 0 Å². The minimum Gasteiger partial charge on any atom is -0.395 e. The van der Waals surface area contributed by atoms with E-state index in [0.29, 0.717) is 12.6 Å². The first-order chi connectivity index (χ1) is 8.65. The van der Waals surface area contributed by atoms with Gasteiger partial charge in [-0.1, -0.05) is 29.8 Å². The molecule has 2 atom stereocenters. The quantitative estimate of drug-likeness (QED) is 0.832. The molecule has 1 aromatic rings. The highest BCUT2D eigenvalue weighted by molar-refractivity contribution is 6.31. The van der Waals surface area contributed by atoms with E-state index in [2.05, 4.69) is 4.90 Å². The van der Waals surface area contributed by atoms with Gasteiger partial charge in [-0.2, -0.15) is 0 Å². The van der Waals surface area contributed by atoms with E-state index in [1.165, 1.54) is 12.8 Å². The van der Waals surface area contributed by atoms with Crippen LogP contribution in [0, 0.1) is 0 Å². The van der Waals surface area contributed by atoms with Gasteiger partial charge in [-0.05, 0) is 31.4 Å². The second kappa shape index (κ2) is 6.02. The van der Waals surface area contributed by atoms with Crippen LogP contribution in [-0.2, 0) is 0 Å². The van der Waals surface area contributed by atoms with Crippen LogP contribution in [0.25, 0.3) is 0 Å². The summed E-state index contributed by atoms with van der Waals surface area (Å²) in [6.07, 6.45) is 2.38. The van der Waals surface area contributed by atoms with Crippen molar-refractivity contribution in [2.24, 2.45) is 5.73 Å². The fraction of sp³-hybridized carbons (Fsp3) is 0.571. The first-order valence-electron chi connectivity index (χ1n) is 6.51. The number of hydrogen-bond acceptors (Lipinski definition) is 3. The molecule has 3 N–H and O–H groups in total. The van der Waals surface area contributed by atoms with Crippen molar-refractivity contribution in [3.8, 4) is 0 Å². The van der Waals surface area contributed by atoms with Crippen molar-refractivity contribution in [1.82, 2.24) is 4.90 Å². The molecule has 0 bridgehead atoms. The summed E-state index contributed by atoms with van der Waals surface area (Å²) >= 11 is 6.29. The number of nitrogens with zero attached hydrogens (tertiary/aromatic N) is 1. The molecule has 0 aliphatic heterocycles. The number of aliphatic hydroxyl groups is 1. The lowest BCUT2D eigenvalue weighted by Crippen LogP contribution is -2.42. The second-order valence-electron chi connectivity index (χ2n) is 5.02. The van der Waals surface area contributed by atoms with Crippen LogP contribution in [0.2, 0.25) is 5.02 Å². The molecule has 2 rings (SSSR count). The number of nitrogens with two attached hydrogens (primary N) is 1. The van der Waals surface area contributed by atoms with Crippen molar-refractivity contribution in [1.29, 1.82) is 0 Å². The van der Waals surface area contributed by atoms with Gasteiger partial charge in [0.2, 0.25) is 0 Å². The molecule has 0 heterocycles. The molecule has 1 aliphatic carbocycles. The van der Waals surface area contributed by atoms with Crippen molar-refractivity contribution < 1.29 is 5.11 Å². The van der Waals surface area contributed by atoms with Crippen LogP contribution < -0.4 is 5.73 Å². The fourth-order valence-corrected chi connectivity index (χ4v) is 2.80. The molecule has 0 amide bonds. The van der Waals surface area contributed by atoms with Crippen molar-refractivity contribution in [2.45, 2.75) is 37.9 Å². The first-order valence-corrected chi connectivity index (χ1v) is 6.89. The highest BCUT2D eigenvalue weighted by Gasteiger charge is 2.36. The molecule has 18 heavy (non-hydrogen) atoms. The normalized spacial score (nSPS) is 18.9. The molecule has 1 aliphatic rings. The number of hydrogen-bond donors (Lipinski definition) is 2. The summed E-state index contributed by atoms with van der Waals surface area (Å²) in [5.74, 6) is 0. The summed E-state index contributed by atoms with van der Waals surface area (Å²) in [5.41, 5.74) is 7.22. The van der Waals surface area contributed by atoms with Crippen molar-refractivity contribution in [2.75, 3.05) is 13.2 Å². The van der Waals surface area contributed by atoms with Crippen LogP contribution in [-0.4, -0.2) is 35.2 Å². The second-order valence-corrected chi connectivity index (χ2v) is 5.43. The maximum absolute atomic E-state index is 9.24. The van der Waals surface area contributed by atoms with Gasteiger partial charge in [0.05, 0.1) is 12.6 Å². The van der Waals surface area contributed by atoms with Gasteiger partial charge in [-0.3, -0.25) is 4.90 Å². The first kappa shape index (κ1) is 13.8. The third-order valence-electron chi connectivity index (χ3n) is 3.45. The van der Waals surface area contributed by atoms with Crippen LogP contribution in [0.1, 0.15) is 31.4 Å². The van der Waals surface area contributed by atoms with Crippen LogP contribution >= 0.6 is 11.6 Å². The Morgan fingerprint density at radius 1 is 1.44 bits per heavy atom. The lowest BCUT2D eigenvalue weighted by molar-refractivity contribution is 0.129. The SMILES string of the molecule is CC(N)C(c1ccccc1Cl)N(CCO)C1CC1. The van der Waals surface area contributed by atoms with Gasteiger partial charge in [-0.15, -0.1) is 0 Å². The van der Waals surface area contributed by atoms with E-state index in [1.807, 2.05) is 31.2 Å². The van der Waals surface area contributed by atoms with E-state index in [4.69, 9.17) is 17.3 Å². The highest BCUT2D eigenvalue weighted by atomic mass is 35.5. The summed E-state index contributed by atoms with van der Waals surface area (Å²) in [5, 5.41) is 10.00. The third kappa shape index (κ3) is 3.04. The van der Waals surface area contributed by atoms with E-state index in [-0.39, 0.29) is 18.7 Å². The molecular formula is C14H21ClN2O. The van der Waals surface area contributed by atoms with E-state index in [0.717, 1.165) is 10.6 Å². The van der Waals surface area contributed by atoms with E-state index in [9.17, 15) is 5.11 Å². The van der Waals surface area contributed by atoms with Gasteiger partial charge in [0.25, 0.3) is 0 Å². The van der Waals surface area contributed by atoms with E-state index in [1.54, 1.807) is 0 Å². The highest BCUT2D eigenvalue weighted by Crippen LogP contribution is 2.37. The Labute approximate surface area is 114 Å². The molecule has 1 aromatic carbocycles. The summed E-state index contributed by atoms with van der Waals surface area (Å²) in [4.78, 5) is 2.30.